The van der Waals surface area contributed by atoms with Gasteiger partial charge in [-0.05, 0) is 48.2 Å². The summed E-state index contributed by atoms with van der Waals surface area (Å²) in [6, 6.07) is 10.8. The van der Waals surface area contributed by atoms with Gasteiger partial charge in [-0.3, -0.25) is 9.52 Å². The first kappa shape index (κ1) is 17.8. The van der Waals surface area contributed by atoms with Crippen LogP contribution in [0.2, 0.25) is 5.02 Å². The maximum atomic E-state index is 12.9. The van der Waals surface area contributed by atoms with Gasteiger partial charge in [0.1, 0.15) is 0 Å². The predicted molar refractivity (Wildman–Crippen MR) is 99.5 cm³/mol. The van der Waals surface area contributed by atoms with Crippen LogP contribution in [-0.2, 0) is 23.0 Å². The number of nitrogens with one attached hydrogen (secondary N) is 1. The maximum absolute atomic E-state index is 12.9. The van der Waals surface area contributed by atoms with Crippen LogP contribution in [0.1, 0.15) is 27.0 Å². The Kier molecular flexibility index (Phi) is 4.75. The van der Waals surface area contributed by atoms with Crippen molar-refractivity contribution < 1.29 is 13.2 Å². The van der Waals surface area contributed by atoms with Crippen molar-refractivity contribution in [2.24, 2.45) is 0 Å². The number of hydrogen-bond donors (Lipinski definition) is 1. The monoisotopic (exact) mass is 378 g/mol. The molecule has 0 radical (unpaired) electrons. The zero-order valence-electron chi connectivity index (χ0n) is 14.0. The fourth-order valence-corrected chi connectivity index (χ4v) is 3.85. The van der Waals surface area contributed by atoms with E-state index < -0.39 is 10.0 Å². The third-order valence-electron chi connectivity index (χ3n) is 4.35. The summed E-state index contributed by atoms with van der Waals surface area (Å²) in [4.78, 5) is 14.6. The van der Waals surface area contributed by atoms with E-state index in [0.717, 1.165) is 22.9 Å². The average Bonchev–Trinajstić information content (AvgIpc) is 2.55. The number of anilines is 1. The number of nitrogens with zero attached hydrogens (tertiary/aromatic N) is 1. The standard InChI is InChI=1S/C18H19ClN2O3S/c1-12-14(6-4-7-16(12)19)18(22)21-10-9-15-13(11-21)5-3-8-17(15)20-25(2,23)24/h3-8,20H,9-11H2,1-2H3. The fourth-order valence-electron chi connectivity index (χ4n) is 3.09. The second-order valence-corrected chi connectivity index (χ2v) is 8.36. The Bertz CT molecular complexity index is 941. The molecule has 0 bridgehead atoms. The number of amides is 1. The molecule has 25 heavy (non-hydrogen) atoms. The number of sulfonamides is 1. The molecule has 0 aromatic heterocycles. The highest BCUT2D eigenvalue weighted by molar-refractivity contribution is 7.92. The lowest BCUT2D eigenvalue weighted by molar-refractivity contribution is 0.0734. The molecule has 0 atom stereocenters. The van der Waals surface area contributed by atoms with Gasteiger partial charge in [-0.25, -0.2) is 8.42 Å². The summed E-state index contributed by atoms with van der Waals surface area (Å²) in [5, 5.41) is 0.572. The molecule has 2 aromatic carbocycles. The zero-order valence-corrected chi connectivity index (χ0v) is 15.6. The number of hydrogen-bond acceptors (Lipinski definition) is 3. The van der Waals surface area contributed by atoms with Crippen LogP contribution in [0.4, 0.5) is 5.69 Å². The molecule has 132 valence electrons. The van der Waals surface area contributed by atoms with Crippen LogP contribution < -0.4 is 4.72 Å². The van der Waals surface area contributed by atoms with E-state index in [1.165, 1.54) is 0 Å². The van der Waals surface area contributed by atoms with Gasteiger partial charge in [0.15, 0.2) is 0 Å². The van der Waals surface area contributed by atoms with Gasteiger partial charge >= 0.3 is 0 Å². The second kappa shape index (κ2) is 6.69. The minimum atomic E-state index is -3.34. The van der Waals surface area contributed by atoms with Gasteiger partial charge in [0.05, 0.1) is 11.9 Å². The summed E-state index contributed by atoms with van der Waals surface area (Å²) in [7, 11) is -3.34. The molecule has 7 heteroatoms. The number of rotatable bonds is 3. The van der Waals surface area contributed by atoms with Gasteiger partial charge in [0.25, 0.3) is 5.91 Å². The molecule has 1 aliphatic heterocycles. The van der Waals surface area contributed by atoms with Crippen molar-refractivity contribution in [1.29, 1.82) is 0 Å². The quantitative estimate of drug-likeness (QED) is 0.891. The van der Waals surface area contributed by atoms with Crippen molar-refractivity contribution in [2.75, 3.05) is 17.5 Å². The van der Waals surface area contributed by atoms with E-state index in [4.69, 9.17) is 11.6 Å². The molecule has 2 aromatic rings. The third-order valence-corrected chi connectivity index (χ3v) is 5.35. The van der Waals surface area contributed by atoms with Crippen molar-refractivity contribution in [3.8, 4) is 0 Å². The van der Waals surface area contributed by atoms with Crippen LogP contribution in [0, 0.1) is 6.92 Å². The molecule has 5 nitrogen and oxygen atoms in total. The summed E-state index contributed by atoms with van der Waals surface area (Å²) in [6.45, 7) is 2.81. The Labute approximate surface area is 152 Å². The summed E-state index contributed by atoms with van der Waals surface area (Å²) in [5.41, 5.74) is 3.85. The van der Waals surface area contributed by atoms with Gasteiger partial charge < -0.3 is 4.90 Å². The molecule has 1 N–H and O–H groups in total. The van der Waals surface area contributed by atoms with Gasteiger partial charge in [-0.2, -0.15) is 0 Å². The average molecular weight is 379 g/mol. The topological polar surface area (TPSA) is 66.5 Å². The van der Waals surface area contributed by atoms with E-state index in [1.807, 2.05) is 13.0 Å². The first-order valence-corrected chi connectivity index (χ1v) is 10.2. The molecular formula is C18H19ClN2O3S. The van der Waals surface area contributed by atoms with E-state index >= 15 is 0 Å². The molecule has 0 fully saturated rings. The SMILES string of the molecule is Cc1c(Cl)cccc1C(=O)N1CCc2c(cccc2NS(C)(=O)=O)C1. The smallest absolute Gasteiger partial charge is 0.254 e. The van der Waals surface area contributed by atoms with Crippen LogP contribution in [0.25, 0.3) is 0 Å². The second-order valence-electron chi connectivity index (χ2n) is 6.21. The van der Waals surface area contributed by atoms with Gasteiger partial charge in [0, 0.05) is 23.7 Å². The number of fused-ring (bicyclic) bond motifs is 1. The minimum Gasteiger partial charge on any atom is -0.334 e. The van der Waals surface area contributed by atoms with Crippen molar-refractivity contribution in [3.63, 3.8) is 0 Å². The number of carbonyl (C=O) groups is 1. The van der Waals surface area contributed by atoms with E-state index in [-0.39, 0.29) is 5.91 Å². The summed E-state index contributed by atoms with van der Waals surface area (Å²) >= 11 is 6.12. The third kappa shape index (κ3) is 3.80. The molecule has 1 heterocycles. The molecular weight excluding hydrogens is 360 g/mol. The normalized spacial score (nSPS) is 14.1. The predicted octanol–water partition coefficient (Wildman–Crippen LogP) is 3.22. The Morgan fingerprint density at radius 2 is 1.92 bits per heavy atom. The Balaban J connectivity index is 1.88. The van der Waals surface area contributed by atoms with Crippen molar-refractivity contribution >= 4 is 33.2 Å². The Morgan fingerprint density at radius 1 is 1.20 bits per heavy atom. The highest BCUT2D eigenvalue weighted by Crippen LogP contribution is 2.28. The lowest BCUT2D eigenvalue weighted by atomic mass is 9.97. The Hall–Kier alpha value is -2.05. The van der Waals surface area contributed by atoms with E-state index in [0.29, 0.717) is 35.8 Å². The van der Waals surface area contributed by atoms with Crippen LogP contribution in [0.15, 0.2) is 36.4 Å². The lowest BCUT2D eigenvalue weighted by Crippen LogP contribution is -2.36. The molecule has 0 saturated carbocycles. The first-order valence-electron chi connectivity index (χ1n) is 7.89. The summed E-state index contributed by atoms with van der Waals surface area (Å²) in [6.07, 6.45) is 1.73. The van der Waals surface area contributed by atoms with Crippen LogP contribution in [0.5, 0.6) is 0 Å². The van der Waals surface area contributed by atoms with Gasteiger partial charge in [-0.15, -0.1) is 0 Å². The number of halogens is 1. The van der Waals surface area contributed by atoms with E-state index in [2.05, 4.69) is 4.72 Å². The summed E-state index contributed by atoms with van der Waals surface area (Å²) in [5.74, 6) is -0.0628. The molecule has 0 aliphatic carbocycles. The Morgan fingerprint density at radius 3 is 2.64 bits per heavy atom. The highest BCUT2D eigenvalue weighted by Gasteiger charge is 2.25. The molecule has 3 rings (SSSR count). The molecule has 1 aliphatic rings. The molecule has 0 unspecified atom stereocenters. The maximum Gasteiger partial charge on any atom is 0.254 e. The van der Waals surface area contributed by atoms with Crippen LogP contribution in [-0.4, -0.2) is 32.0 Å². The van der Waals surface area contributed by atoms with Gasteiger partial charge in [-0.1, -0.05) is 29.8 Å². The molecule has 0 saturated heterocycles. The summed E-state index contributed by atoms with van der Waals surface area (Å²) < 4.78 is 25.6. The van der Waals surface area contributed by atoms with Crippen molar-refractivity contribution in [3.05, 3.63) is 63.7 Å². The van der Waals surface area contributed by atoms with Crippen molar-refractivity contribution in [2.45, 2.75) is 19.9 Å². The van der Waals surface area contributed by atoms with Gasteiger partial charge in [0.2, 0.25) is 10.0 Å². The van der Waals surface area contributed by atoms with E-state index in [1.54, 1.807) is 35.2 Å². The lowest BCUT2D eigenvalue weighted by Gasteiger charge is -2.30. The largest absolute Gasteiger partial charge is 0.334 e. The molecule has 0 spiro atoms. The van der Waals surface area contributed by atoms with E-state index in [9.17, 15) is 13.2 Å². The first-order chi connectivity index (χ1) is 11.8. The highest BCUT2D eigenvalue weighted by atomic mass is 35.5. The minimum absolute atomic E-state index is 0.0628. The number of benzene rings is 2. The van der Waals surface area contributed by atoms with Crippen LogP contribution in [0.3, 0.4) is 0 Å². The fraction of sp³-hybridized carbons (Fsp3) is 0.278. The van der Waals surface area contributed by atoms with Crippen LogP contribution >= 0.6 is 11.6 Å². The number of carbonyl (C=O) groups excluding carboxylic acids is 1. The molecule has 1 amide bonds. The zero-order chi connectivity index (χ0) is 18.2. The van der Waals surface area contributed by atoms with Crippen molar-refractivity contribution in [1.82, 2.24) is 4.90 Å².